The Morgan fingerprint density at radius 1 is 1.64 bits per heavy atom. The van der Waals surface area contributed by atoms with Crippen LogP contribution >= 0.6 is 22.6 Å². The van der Waals surface area contributed by atoms with Gasteiger partial charge in [0.1, 0.15) is 0 Å². The molecular weight excluding hydrogens is 255 g/mol. The van der Waals surface area contributed by atoms with Crippen LogP contribution < -0.4 is 5.32 Å². The molecule has 0 aliphatic rings. The molecule has 0 aliphatic carbocycles. The maximum atomic E-state index is 11.2. The molecule has 0 aliphatic heterocycles. The molecule has 0 spiro atoms. The average molecular weight is 270 g/mol. The first-order valence-electron chi connectivity index (χ1n) is 3.63. The normalized spacial score (nSPS) is 10.3. The van der Waals surface area contributed by atoms with Gasteiger partial charge in [-0.25, -0.2) is 0 Å². The summed E-state index contributed by atoms with van der Waals surface area (Å²) in [5, 5.41) is 2.97. The van der Waals surface area contributed by atoms with Gasteiger partial charge in [-0.1, -0.05) is 22.6 Å². The van der Waals surface area contributed by atoms with Crippen molar-refractivity contribution in [1.82, 2.24) is 10.2 Å². The van der Waals surface area contributed by atoms with Gasteiger partial charge >= 0.3 is 0 Å². The average Bonchev–Trinajstić information content (AvgIpc) is 1.98. The van der Waals surface area contributed by atoms with Crippen molar-refractivity contribution in [3.63, 3.8) is 0 Å². The highest BCUT2D eigenvalue weighted by Gasteiger charge is 2.13. The molecule has 1 amide bonds. The van der Waals surface area contributed by atoms with E-state index in [0.29, 0.717) is 11.1 Å². The van der Waals surface area contributed by atoms with E-state index in [-0.39, 0.29) is 11.9 Å². The van der Waals surface area contributed by atoms with Gasteiger partial charge in [-0.15, -0.1) is 0 Å². The van der Waals surface area contributed by atoms with E-state index in [4.69, 9.17) is 0 Å². The summed E-state index contributed by atoms with van der Waals surface area (Å²) < 4.78 is 0.553. The molecule has 1 N–H and O–H groups in total. The monoisotopic (exact) mass is 270 g/mol. The molecule has 0 unspecified atom stereocenters. The summed E-state index contributed by atoms with van der Waals surface area (Å²) in [5.41, 5.74) is 0. The molecule has 0 aromatic rings. The molecule has 0 bridgehead atoms. The number of amides is 1. The minimum Gasteiger partial charge on any atom is -0.327 e. The summed E-state index contributed by atoms with van der Waals surface area (Å²) >= 11 is 2.08. The Bertz CT molecular complexity index is 128. The van der Waals surface area contributed by atoms with Crippen LogP contribution in [0.25, 0.3) is 0 Å². The number of rotatable bonds is 4. The highest BCUT2D eigenvalue weighted by Crippen LogP contribution is 1.99. The van der Waals surface area contributed by atoms with Crippen LogP contribution in [0.5, 0.6) is 0 Å². The van der Waals surface area contributed by atoms with Gasteiger partial charge in [-0.05, 0) is 20.9 Å². The van der Waals surface area contributed by atoms with Crippen LogP contribution in [0.3, 0.4) is 0 Å². The van der Waals surface area contributed by atoms with Crippen molar-refractivity contribution < 1.29 is 4.79 Å². The lowest BCUT2D eigenvalue weighted by molar-refractivity contribution is -0.130. The van der Waals surface area contributed by atoms with Crippen LogP contribution in [0, 0.1) is 0 Å². The first-order chi connectivity index (χ1) is 5.13. The summed E-state index contributed by atoms with van der Waals surface area (Å²) in [6.45, 7) is 4.67. The van der Waals surface area contributed by atoms with E-state index in [1.807, 2.05) is 25.8 Å². The molecule has 4 heteroatoms. The van der Waals surface area contributed by atoms with Gasteiger partial charge in [0.25, 0.3) is 0 Å². The number of hydrogen-bond acceptors (Lipinski definition) is 2. The molecule has 0 radical (unpaired) electrons. The molecule has 3 nitrogen and oxygen atoms in total. The van der Waals surface area contributed by atoms with Gasteiger partial charge in [0.05, 0.1) is 11.1 Å². The summed E-state index contributed by atoms with van der Waals surface area (Å²) in [6.07, 6.45) is 0. The largest absolute Gasteiger partial charge is 0.327 e. The number of nitrogens with one attached hydrogen (secondary N) is 1. The van der Waals surface area contributed by atoms with Crippen molar-refractivity contribution in [2.24, 2.45) is 0 Å². The third-order valence-corrected chi connectivity index (χ3v) is 2.04. The van der Waals surface area contributed by atoms with Crippen molar-refractivity contribution in [3.05, 3.63) is 0 Å². The molecule has 0 aromatic carbocycles. The molecular formula is C7H15IN2O. The Morgan fingerprint density at radius 3 is 2.45 bits per heavy atom. The van der Waals surface area contributed by atoms with Gasteiger partial charge in [-0.3, -0.25) is 4.79 Å². The van der Waals surface area contributed by atoms with Gasteiger partial charge in [-0.2, -0.15) is 0 Å². The summed E-state index contributed by atoms with van der Waals surface area (Å²) in [4.78, 5) is 13.0. The zero-order valence-electron chi connectivity index (χ0n) is 7.22. The van der Waals surface area contributed by atoms with Crippen LogP contribution in [0.15, 0.2) is 0 Å². The molecule has 0 atom stereocenters. The Hall–Kier alpha value is 0.160. The summed E-state index contributed by atoms with van der Waals surface area (Å²) in [6, 6.07) is 0.282. The molecule has 0 aromatic heterocycles. The molecule has 0 heterocycles. The van der Waals surface area contributed by atoms with E-state index in [0.717, 1.165) is 0 Å². The number of nitrogens with zero attached hydrogens (tertiary/aromatic N) is 1. The molecule has 11 heavy (non-hydrogen) atoms. The first-order valence-corrected chi connectivity index (χ1v) is 5.16. The number of carbonyl (C=O) groups excluding carboxylic acids is 1. The third-order valence-electron chi connectivity index (χ3n) is 1.39. The predicted molar refractivity (Wildman–Crippen MR) is 54.8 cm³/mol. The fourth-order valence-electron chi connectivity index (χ4n) is 0.806. The van der Waals surface area contributed by atoms with Crippen LogP contribution in [0.1, 0.15) is 13.8 Å². The lowest BCUT2D eigenvalue weighted by Gasteiger charge is -2.25. The zero-order chi connectivity index (χ0) is 8.85. The van der Waals surface area contributed by atoms with E-state index < -0.39 is 0 Å². The zero-order valence-corrected chi connectivity index (χ0v) is 9.38. The van der Waals surface area contributed by atoms with Crippen LogP contribution in [-0.4, -0.2) is 35.0 Å². The van der Waals surface area contributed by atoms with E-state index in [9.17, 15) is 4.79 Å². The van der Waals surface area contributed by atoms with Gasteiger partial charge < -0.3 is 10.2 Å². The van der Waals surface area contributed by atoms with Crippen molar-refractivity contribution in [2.75, 3.05) is 18.1 Å². The number of carbonyl (C=O) groups is 1. The molecule has 0 saturated carbocycles. The maximum Gasteiger partial charge on any atom is 0.233 e. The second kappa shape index (κ2) is 5.77. The van der Waals surface area contributed by atoms with E-state index in [2.05, 4.69) is 27.9 Å². The lowest BCUT2D eigenvalue weighted by atomic mass is 10.3. The van der Waals surface area contributed by atoms with Crippen molar-refractivity contribution >= 4 is 28.5 Å². The van der Waals surface area contributed by atoms with Crippen molar-refractivity contribution in [3.8, 4) is 0 Å². The Morgan fingerprint density at radius 2 is 2.18 bits per heavy atom. The summed E-state index contributed by atoms with van der Waals surface area (Å²) in [5.74, 6) is 0.190. The van der Waals surface area contributed by atoms with Gasteiger partial charge in [0, 0.05) is 6.04 Å². The van der Waals surface area contributed by atoms with E-state index in [1.165, 1.54) is 0 Å². The fourth-order valence-corrected chi connectivity index (χ4v) is 1.24. The first kappa shape index (κ1) is 11.2. The standard InChI is InChI=1S/C7H15IN2O/c1-6(2)10(5-9-3)7(11)4-8/h6,9H,4-5H2,1-3H3. The SMILES string of the molecule is CNCN(C(=O)CI)C(C)C. The Labute approximate surface area is 81.7 Å². The van der Waals surface area contributed by atoms with E-state index >= 15 is 0 Å². The number of alkyl halides is 1. The minimum absolute atomic E-state index is 0.190. The fraction of sp³-hybridized carbons (Fsp3) is 0.857. The number of halogens is 1. The maximum absolute atomic E-state index is 11.2. The Balaban J connectivity index is 3.98. The van der Waals surface area contributed by atoms with Crippen LogP contribution in [0.4, 0.5) is 0 Å². The van der Waals surface area contributed by atoms with Crippen molar-refractivity contribution in [1.29, 1.82) is 0 Å². The van der Waals surface area contributed by atoms with Gasteiger partial charge in [0.2, 0.25) is 5.91 Å². The lowest BCUT2D eigenvalue weighted by Crippen LogP contribution is -2.42. The topological polar surface area (TPSA) is 32.3 Å². The third kappa shape index (κ3) is 3.91. The highest BCUT2D eigenvalue weighted by atomic mass is 127. The van der Waals surface area contributed by atoms with Gasteiger partial charge in [0.15, 0.2) is 0 Å². The molecule has 0 saturated heterocycles. The Kier molecular flexibility index (Phi) is 5.85. The second-order valence-corrected chi connectivity index (χ2v) is 3.37. The highest BCUT2D eigenvalue weighted by molar-refractivity contribution is 14.1. The van der Waals surface area contributed by atoms with Crippen LogP contribution in [-0.2, 0) is 4.79 Å². The molecule has 0 rings (SSSR count). The van der Waals surface area contributed by atoms with Crippen LogP contribution in [0.2, 0.25) is 0 Å². The minimum atomic E-state index is 0.190. The van der Waals surface area contributed by atoms with Crippen molar-refractivity contribution in [2.45, 2.75) is 19.9 Å². The van der Waals surface area contributed by atoms with E-state index in [1.54, 1.807) is 0 Å². The smallest absolute Gasteiger partial charge is 0.233 e. The number of hydrogen-bond donors (Lipinski definition) is 1. The molecule has 66 valence electrons. The second-order valence-electron chi connectivity index (χ2n) is 2.60. The molecule has 0 fully saturated rings. The quantitative estimate of drug-likeness (QED) is 0.466. The summed E-state index contributed by atoms with van der Waals surface area (Å²) in [7, 11) is 1.84. The predicted octanol–water partition coefficient (Wildman–Crippen LogP) is 0.835.